The molecule has 1 aromatic carbocycles. The second kappa shape index (κ2) is 8.70. The van der Waals surface area contributed by atoms with Crippen molar-refractivity contribution >= 4 is 11.8 Å². The molecule has 2 N–H and O–H groups in total. The Morgan fingerprint density at radius 3 is 2.48 bits per heavy atom. The highest BCUT2D eigenvalue weighted by Gasteiger charge is 2.20. The van der Waals surface area contributed by atoms with Crippen LogP contribution in [0.25, 0.3) is 0 Å². The van der Waals surface area contributed by atoms with Crippen molar-refractivity contribution < 1.29 is 23.2 Å². The first-order chi connectivity index (χ1) is 11.5. The Bertz CT molecular complexity index is 633. The minimum Gasteiger partial charge on any atom is -0.444 e. The zero-order chi connectivity index (χ0) is 19.2. The van der Waals surface area contributed by atoms with Crippen molar-refractivity contribution in [2.75, 3.05) is 6.54 Å². The third-order valence-electron chi connectivity index (χ3n) is 3.23. The minimum absolute atomic E-state index is 0.0276. The van der Waals surface area contributed by atoms with Crippen LogP contribution in [0.15, 0.2) is 12.1 Å². The lowest BCUT2D eigenvalue weighted by Gasteiger charge is -2.23. The maximum Gasteiger partial charge on any atom is 0.407 e. The molecule has 1 aromatic rings. The number of rotatable bonds is 7. The number of amides is 1. The van der Waals surface area contributed by atoms with E-state index in [1.54, 1.807) is 20.8 Å². The van der Waals surface area contributed by atoms with Gasteiger partial charge in [0.15, 0.2) is 0 Å². The molecule has 140 valence electrons. The molecule has 9 heteroatoms. The van der Waals surface area contributed by atoms with Gasteiger partial charge in [0.05, 0.1) is 4.92 Å². The lowest BCUT2D eigenvalue weighted by molar-refractivity contribution is -0.387. The molecule has 0 aliphatic heterocycles. The van der Waals surface area contributed by atoms with Gasteiger partial charge in [-0.05, 0) is 27.2 Å². The molecule has 0 radical (unpaired) electrons. The quantitative estimate of drug-likeness (QED) is 0.576. The first kappa shape index (κ1) is 20.8. The SMILES string of the molecule is CCC(CNCc1cc([N+](=O)[O-])c(F)cc1F)NC(=O)OC(C)(C)C. The van der Waals surface area contributed by atoms with E-state index in [1.807, 2.05) is 6.92 Å². The summed E-state index contributed by atoms with van der Waals surface area (Å²) in [5.41, 5.74) is -1.43. The number of nitro groups is 1. The first-order valence-electron chi connectivity index (χ1n) is 7.86. The number of carbonyl (C=O) groups is 1. The minimum atomic E-state index is -1.22. The van der Waals surface area contributed by atoms with Gasteiger partial charge in [-0.3, -0.25) is 10.1 Å². The van der Waals surface area contributed by atoms with Crippen molar-refractivity contribution in [1.82, 2.24) is 10.6 Å². The Morgan fingerprint density at radius 1 is 1.32 bits per heavy atom. The Hall–Kier alpha value is -2.29. The van der Waals surface area contributed by atoms with Crippen LogP contribution in [-0.2, 0) is 11.3 Å². The molecule has 0 aromatic heterocycles. The number of nitrogens with zero attached hydrogens (tertiary/aromatic N) is 1. The molecule has 0 saturated carbocycles. The van der Waals surface area contributed by atoms with E-state index in [-0.39, 0.29) is 18.2 Å². The van der Waals surface area contributed by atoms with Gasteiger partial charge in [0.2, 0.25) is 5.82 Å². The van der Waals surface area contributed by atoms with Gasteiger partial charge in [-0.25, -0.2) is 9.18 Å². The van der Waals surface area contributed by atoms with Crippen molar-refractivity contribution in [3.05, 3.63) is 39.4 Å². The van der Waals surface area contributed by atoms with Crippen LogP contribution in [-0.4, -0.2) is 29.2 Å². The number of carbonyl (C=O) groups excluding carboxylic acids is 1. The van der Waals surface area contributed by atoms with Crippen LogP contribution in [0.2, 0.25) is 0 Å². The number of hydrogen-bond donors (Lipinski definition) is 2. The maximum atomic E-state index is 13.7. The number of nitro benzene ring substituents is 1. The summed E-state index contributed by atoms with van der Waals surface area (Å²) in [7, 11) is 0. The fourth-order valence-corrected chi connectivity index (χ4v) is 2.01. The summed E-state index contributed by atoms with van der Waals surface area (Å²) < 4.78 is 32.2. The molecule has 0 aliphatic carbocycles. The summed E-state index contributed by atoms with van der Waals surface area (Å²) in [6, 6.07) is 1.08. The van der Waals surface area contributed by atoms with E-state index in [9.17, 15) is 23.7 Å². The second-order valence-corrected chi connectivity index (χ2v) is 6.53. The summed E-state index contributed by atoms with van der Waals surface area (Å²) in [5.74, 6) is -2.09. The highest BCUT2D eigenvalue weighted by atomic mass is 19.1. The summed E-state index contributed by atoms with van der Waals surface area (Å²) in [5, 5.41) is 16.3. The average molecular weight is 359 g/mol. The van der Waals surface area contributed by atoms with Gasteiger partial charge in [0.1, 0.15) is 11.4 Å². The zero-order valence-corrected chi connectivity index (χ0v) is 14.7. The highest BCUT2D eigenvalue weighted by molar-refractivity contribution is 5.68. The van der Waals surface area contributed by atoms with Gasteiger partial charge in [0, 0.05) is 36.8 Å². The molecule has 25 heavy (non-hydrogen) atoms. The Balaban J connectivity index is 2.62. The van der Waals surface area contributed by atoms with Gasteiger partial charge in [-0.2, -0.15) is 4.39 Å². The standard InChI is InChI=1S/C16H23F2N3O4/c1-5-11(20-15(22)25-16(2,3)4)9-19-8-10-6-14(21(23)24)13(18)7-12(10)17/h6-7,11,19H,5,8-9H2,1-4H3,(H,20,22). The number of alkyl carbamates (subject to hydrolysis) is 1. The predicted molar refractivity (Wildman–Crippen MR) is 88.2 cm³/mol. The number of nitrogens with one attached hydrogen (secondary N) is 2. The van der Waals surface area contributed by atoms with Crippen LogP contribution in [0.4, 0.5) is 19.3 Å². The van der Waals surface area contributed by atoms with Crippen molar-refractivity contribution in [3.8, 4) is 0 Å². The van der Waals surface area contributed by atoms with Crippen molar-refractivity contribution in [1.29, 1.82) is 0 Å². The number of halogens is 2. The maximum absolute atomic E-state index is 13.7. The summed E-state index contributed by atoms with van der Waals surface area (Å²) in [4.78, 5) is 21.5. The van der Waals surface area contributed by atoms with E-state index in [0.29, 0.717) is 19.0 Å². The fourth-order valence-electron chi connectivity index (χ4n) is 2.01. The Labute approximate surface area is 144 Å². The van der Waals surface area contributed by atoms with Gasteiger partial charge in [0.25, 0.3) is 0 Å². The molecule has 1 unspecified atom stereocenters. The van der Waals surface area contributed by atoms with Crippen LogP contribution < -0.4 is 10.6 Å². The molecule has 0 spiro atoms. The molecule has 1 atom stereocenters. The van der Waals surface area contributed by atoms with E-state index in [2.05, 4.69) is 10.6 Å². The van der Waals surface area contributed by atoms with E-state index in [4.69, 9.17) is 4.74 Å². The second-order valence-electron chi connectivity index (χ2n) is 6.53. The van der Waals surface area contributed by atoms with E-state index < -0.39 is 33.9 Å². The Kier molecular flexibility index (Phi) is 7.22. The number of ether oxygens (including phenoxy) is 1. The molecule has 0 bridgehead atoms. The lowest BCUT2D eigenvalue weighted by Crippen LogP contribution is -2.43. The predicted octanol–water partition coefficient (Wildman–Crippen LogP) is 3.27. The summed E-state index contributed by atoms with van der Waals surface area (Å²) in [6.07, 6.45) is 0.0305. The van der Waals surface area contributed by atoms with Crippen molar-refractivity contribution in [3.63, 3.8) is 0 Å². The molecule has 1 amide bonds. The fraction of sp³-hybridized carbons (Fsp3) is 0.562. The summed E-state index contributed by atoms with van der Waals surface area (Å²) >= 11 is 0. The molecule has 1 rings (SSSR count). The van der Waals surface area contributed by atoms with E-state index in [0.717, 1.165) is 6.07 Å². The highest BCUT2D eigenvalue weighted by Crippen LogP contribution is 2.21. The number of hydrogen-bond acceptors (Lipinski definition) is 5. The zero-order valence-electron chi connectivity index (χ0n) is 14.7. The first-order valence-corrected chi connectivity index (χ1v) is 7.86. The normalized spacial score (nSPS) is 12.6. The van der Waals surface area contributed by atoms with Crippen LogP contribution in [0.5, 0.6) is 0 Å². The largest absolute Gasteiger partial charge is 0.444 e. The van der Waals surface area contributed by atoms with Crippen molar-refractivity contribution in [2.24, 2.45) is 0 Å². The molecule has 0 saturated heterocycles. The molecule has 0 fully saturated rings. The topological polar surface area (TPSA) is 93.5 Å². The van der Waals surface area contributed by atoms with Crippen LogP contribution >= 0.6 is 0 Å². The third kappa shape index (κ3) is 7.00. The smallest absolute Gasteiger partial charge is 0.407 e. The van der Waals surface area contributed by atoms with Crippen LogP contribution in [0.3, 0.4) is 0 Å². The molecule has 7 nitrogen and oxygen atoms in total. The number of benzene rings is 1. The van der Waals surface area contributed by atoms with E-state index in [1.165, 1.54) is 0 Å². The van der Waals surface area contributed by atoms with Crippen molar-refractivity contribution in [2.45, 2.75) is 52.3 Å². The molecular formula is C16H23F2N3O4. The van der Waals surface area contributed by atoms with Gasteiger partial charge in [-0.1, -0.05) is 6.92 Å². The summed E-state index contributed by atoms with van der Waals surface area (Å²) in [6.45, 7) is 7.34. The van der Waals surface area contributed by atoms with Crippen LogP contribution in [0, 0.1) is 21.7 Å². The van der Waals surface area contributed by atoms with Crippen LogP contribution in [0.1, 0.15) is 39.7 Å². The average Bonchev–Trinajstić information content (AvgIpc) is 2.45. The molecular weight excluding hydrogens is 336 g/mol. The third-order valence-corrected chi connectivity index (χ3v) is 3.23. The van der Waals surface area contributed by atoms with Gasteiger partial charge < -0.3 is 15.4 Å². The van der Waals surface area contributed by atoms with Gasteiger partial charge >= 0.3 is 11.8 Å². The van der Waals surface area contributed by atoms with E-state index >= 15 is 0 Å². The lowest BCUT2D eigenvalue weighted by atomic mass is 10.1. The van der Waals surface area contributed by atoms with Gasteiger partial charge in [-0.15, -0.1) is 0 Å². The molecule has 0 aliphatic rings. The molecule has 0 heterocycles. The Morgan fingerprint density at radius 2 is 1.96 bits per heavy atom. The monoisotopic (exact) mass is 359 g/mol.